The van der Waals surface area contributed by atoms with Crippen molar-refractivity contribution in [1.82, 2.24) is 14.1 Å². The van der Waals surface area contributed by atoms with Gasteiger partial charge in [-0.1, -0.05) is 30.3 Å². The van der Waals surface area contributed by atoms with E-state index in [1.165, 1.54) is 18.2 Å². The minimum absolute atomic E-state index is 0.161. The molecule has 1 saturated heterocycles. The Labute approximate surface area is 189 Å². The molecule has 0 amide bonds. The molecule has 0 bridgehead atoms. The molecule has 2 aromatic heterocycles. The fourth-order valence-electron chi connectivity index (χ4n) is 3.93. The van der Waals surface area contributed by atoms with Gasteiger partial charge < -0.3 is 20.1 Å². The predicted octanol–water partition coefficient (Wildman–Crippen LogP) is 0.751. The van der Waals surface area contributed by atoms with E-state index in [0.717, 1.165) is 23.0 Å². The lowest BCUT2D eigenvalue weighted by Crippen LogP contribution is -2.43. The van der Waals surface area contributed by atoms with Crippen LogP contribution in [0.3, 0.4) is 0 Å². The minimum atomic E-state index is -4.84. The van der Waals surface area contributed by atoms with Crippen molar-refractivity contribution in [3.05, 3.63) is 87.0 Å². The molecule has 3 aromatic rings. The van der Waals surface area contributed by atoms with Gasteiger partial charge in [-0.05, 0) is 17.2 Å². The zero-order valence-corrected chi connectivity index (χ0v) is 17.5. The number of hydrogen-bond donors (Lipinski definition) is 3. The van der Waals surface area contributed by atoms with Crippen LogP contribution in [0.5, 0.6) is 0 Å². The summed E-state index contributed by atoms with van der Waals surface area (Å²) in [6.45, 7) is -1.45. The van der Waals surface area contributed by atoms with Crippen molar-refractivity contribution in [1.29, 1.82) is 0 Å². The van der Waals surface area contributed by atoms with Crippen molar-refractivity contribution >= 4 is 0 Å². The Morgan fingerprint density at radius 1 is 1.03 bits per heavy atom. The van der Waals surface area contributed by atoms with Crippen LogP contribution in [0.1, 0.15) is 17.5 Å². The second kappa shape index (κ2) is 9.14. The molecule has 3 N–H and O–H groups in total. The average molecular weight is 479 g/mol. The quantitative estimate of drug-likeness (QED) is 0.493. The Balaban J connectivity index is 1.81. The first kappa shape index (κ1) is 23.8. The summed E-state index contributed by atoms with van der Waals surface area (Å²) in [5, 5.41) is 29.4. The van der Waals surface area contributed by atoms with Crippen LogP contribution < -0.4 is 11.2 Å². The van der Waals surface area contributed by atoms with Crippen molar-refractivity contribution in [3.63, 3.8) is 0 Å². The number of nitrogens with zero attached hydrogens (tertiary/aromatic N) is 3. The van der Waals surface area contributed by atoms with E-state index >= 15 is 0 Å². The van der Waals surface area contributed by atoms with Crippen LogP contribution >= 0.6 is 0 Å². The van der Waals surface area contributed by atoms with Crippen LogP contribution in [-0.4, -0.2) is 54.4 Å². The maximum atomic E-state index is 14.1. The number of hydrogen-bond acceptors (Lipinski definition) is 7. The van der Waals surface area contributed by atoms with Gasteiger partial charge in [0.1, 0.15) is 18.3 Å². The van der Waals surface area contributed by atoms with E-state index in [4.69, 9.17) is 4.74 Å². The molecule has 34 heavy (non-hydrogen) atoms. The third kappa shape index (κ3) is 4.28. The molecule has 9 nitrogen and oxygen atoms in total. The molecule has 3 heterocycles. The summed E-state index contributed by atoms with van der Waals surface area (Å²) in [5.41, 5.74) is -3.49. The summed E-state index contributed by atoms with van der Waals surface area (Å²) in [6.07, 6.45) is -8.46. The molecule has 4 atom stereocenters. The number of alkyl halides is 3. The van der Waals surface area contributed by atoms with Crippen molar-refractivity contribution in [3.8, 4) is 11.1 Å². The molecule has 0 radical (unpaired) electrons. The van der Waals surface area contributed by atoms with E-state index in [1.807, 2.05) is 0 Å². The molecule has 12 heteroatoms. The van der Waals surface area contributed by atoms with Gasteiger partial charge in [0, 0.05) is 18.5 Å². The lowest BCUT2D eigenvalue weighted by Gasteiger charge is -2.20. The topological polar surface area (TPSA) is 127 Å². The van der Waals surface area contributed by atoms with Crippen LogP contribution in [0.15, 0.2) is 64.4 Å². The highest BCUT2D eigenvalue weighted by Gasteiger charge is 2.44. The van der Waals surface area contributed by atoms with Gasteiger partial charge in [0.25, 0.3) is 5.56 Å². The lowest BCUT2D eigenvalue weighted by atomic mass is 9.98. The zero-order valence-electron chi connectivity index (χ0n) is 17.5. The number of ether oxygens (including phenoxy) is 1. The number of rotatable bonds is 5. The summed E-state index contributed by atoms with van der Waals surface area (Å²) in [4.78, 5) is 29.3. The largest absolute Gasteiger partial charge is 0.418 e. The molecule has 1 aromatic carbocycles. The highest BCUT2D eigenvalue weighted by Crippen LogP contribution is 2.38. The van der Waals surface area contributed by atoms with Gasteiger partial charge >= 0.3 is 11.9 Å². The number of pyridine rings is 1. The zero-order chi connectivity index (χ0) is 24.6. The normalized spacial score (nSPS) is 22.8. The first-order valence-corrected chi connectivity index (χ1v) is 10.2. The molecule has 1 fully saturated rings. The van der Waals surface area contributed by atoms with Crippen LogP contribution in [0, 0.1) is 0 Å². The van der Waals surface area contributed by atoms with Gasteiger partial charge in [-0.15, -0.1) is 0 Å². The smallest absolute Gasteiger partial charge is 0.394 e. The fourth-order valence-corrected chi connectivity index (χ4v) is 3.93. The molecule has 180 valence electrons. The number of aliphatic hydroxyl groups is 3. The van der Waals surface area contributed by atoms with Crippen molar-refractivity contribution in [2.24, 2.45) is 0 Å². The molecule has 4 rings (SSSR count). The summed E-state index contributed by atoms with van der Waals surface area (Å²) in [6, 6.07) is 9.93. The van der Waals surface area contributed by atoms with Crippen molar-refractivity contribution in [2.45, 2.75) is 37.3 Å². The molecular weight excluding hydrogens is 459 g/mol. The Hall–Kier alpha value is -3.32. The standard InChI is InChI=1S/C22H20F3N3O6/c23-22(24,25)17-13(12-4-2-1-3-5-12)6-8-26-14(17)10-28-16(30)7-9-27(21(28)33)20-19(32)18(31)15(11-29)34-20/h1-9,15,18-20,29,31-32H,10-11H2/t15-,18?,19?,20-/m1/s1. The Morgan fingerprint density at radius 2 is 1.74 bits per heavy atom. The first-order valence-electron chi connectivity index (χ1n) is 10.2. The second-order valence-electron chi connectivity index (χ2n) is 7.70. The molecule has 0 aliphatic carbocycles. The molecule has 1 aliphatic heterocycles. The maximum absolute atomic E-state index is 14.1. The molecule has 2 unspecified atom stereocenters. The Kier molecular flexibility index (Phi) is 6.41. The predicted molar refractivity (Wildman–Crippen MR) is 112 cm³/mol. The summed E-state index contributed by atoms with van der Waals surface area (Å²) < 4.78 is 48.9. The number of benzene rings is 1. The van der Waals surface area contributed by atoms with E-state index in [9.17, 15) is 38.1 Å². The van der Waals surface area contributed by atoms with Gasteiger partial charge in [0.05, 0.1) is 24.4 Å². The highest BCUT2D eigenvalue weighted by molar-refractivity contribution is 5.68. The monoisotopic (exact) mass is 479 g/mol. The highest BCUT2D eigenvalue weighted by atomic mass is 19.4. The fraction of sp³-hybridized carbons (Fsp3) is 0.318. The third-order valence-corrected chi connectivity index (χ3v) is 5.59. The summed E-state index contributed by atoms with van der Waals surface area (Å²) >= 11 is 0. The van der Waals surface area contributed by atoms with Gasteiger partial charge in [0.2, 0.25) is 0 Å². The SMILES string of the molecule is O=c1ccn([C@@H]2O[C@H](CO)C(O)C2O)c(=O)n1Cc1nccc(-c2ccccc2)c1C(F)(F)F. The van der Waals surface area contributed by atoms with Crippen LogP contribution in [0.4, 0.5) is 13.2 Å². The van der Waals surface area contributed by atoms with Gasteiger partial charge in [-0.25, -0.2) is 4.79 Å². The van der Waals surface area contributed by atoms with Gasteiger partial charge in [-0.2, -0.15) is 13.2 Å². The van der Waals surface area contributed by atoms with Crippen LogP contribution in [0.25, 0.3) is 11.1 Å². The van der Waals surface area contributed by atoms with E-state index in [1.54, 1.807) is 18.2 Å². The molecular formula is C22H20F3N3O6. The van der Waals surface area contributed by atoms with Crippen LogP contribution in [0.2, 0.25) is 0 Å². The van der Waals surface area contributed by atoms with Crippen molar-refractivity contribution < 1.29 is 33.2 Å². The lowest BCUT2D eigenvalue weighted by molar-refractivity contribution is -0.138. The van der Waals surface area contributed by atoms with Gasteiger partial charge in [0.15, 0.2) is 6.23 Å². The molecule has 0 spiro atoms. The molecule has 0 saturated carbocycles. The number of halogens is 3. The van der Waals surface area contributed by atoms with E-state index in [0.29, 0.717) is 4.57 Å². The summed E-state index contributed by atoms with van der Waals surface area (Å²) in [7, 11) is 0. The second-order valence-corrected chi connectivity index (χ2v) is 7.70. The number of aromatic nitrogens is 3. The summed E-state index contributed by atoms with van der Waals surface area (Å²) in [5.74, 6) is 0. The van der Waals surface area contributed by atoms with Crippen LogP contribution in [-0.2, 0) is 17.5 Å². The third-order valence-electron chi connectivity index (χ3n) is 5.59. The first-order chi connectivity index (χ1) is 16.1. The Bertz CT molecular complexity index is 1290. The average Bonchev–Trinajstić information content (AvgIpc) is 3.10. The Morgan fingerprint density at radius 3 is 2.35 bits per heavy atom. The van der Waals surface area contributed by atoms with E-state index < -0.39 is 66.4 Å². The van der Waals surface area contributed by atoms with E-state index in [2.05, 4.69) is 4.98 Å². The van der Waals surface area contributed by atoms with E-state index in [-0.39, 0.29) is 11.1 Å². The maximum Gasteiger partial charge on any atom is 0.418 e. The molecule has 1 aliphatic rings. The number of aliphatic hydroxyl groups excluding tert-OH is 3. The van der Waals surface area contributed by atoms with Gasteiger partial charge in [-0.3, -0.25) is 18.9 Å². The minimum Gasteiger partial charge on any atom is -0.394 e. The van der Waals surface area contributed by atoms with Crippen molar-refractivity contribution in [2.75, 3.05) is 6.61 Å².